The minimum atomic E-state index is -0.794. The van der Waals surface area contributed by atoms with Crippen molar-refractivity contribution >= 4 is 17.6 Å². The molecule has 7 rings (SSSR count). The third-order valence-corrected chi connectivity index (χ3v) is 10.2. The number of aromatic nitrogens is 2. The van der Waals surface area contributed by atoms with Gasteiger partial charge in [0.15, 0.2) is 0 Å². The van der Waals surface area contributed by atoms with Gasteiger partial charge < -0.3 is 24.5 Å². The van der Waals surface area contributed by atoms with Crippen LogP contribution >= 0.6 is 0 Å². The van der Waals surface area contributed by atoms with Gasteiger partial charge in [0.05, 0.1) is 24.3 Å². The van der Waals surface area contributed by atoms with Crippen LogP contribution in [0.1, 0.15) is 73.8 Å². The smallest absolute Gasteiger partial charge is 0.407 e. The number of carboxylic acid groups (broad SMARTS) is 1. The highest BCUT2D eigenvalue weighted by Crippen LogP contribution is 2.41. The van der Waals surface area contributed by atoms with Crippen molar-refractivity contribution in [2.45, 2.75) is 88.9 Å². The lowest BCUT2D eigenvalue weighted by Crippen LogP contribution is -2.56. The van der Waals surface area contributed by atoms with E-state index in [2.05, 4.69) is 46.9 Å². The molecule has 4 aliphatic heterocycles. The summed E-state index contributed by atoms with van der Waals surface area (Å²) in [4.78, 5) is 30.9. The Bertz CT molecular complexity index is 1270. The van der Waals surface area contributed by atoms with E-state index >= 15 is 0 Å². The van der Waals surface area contributed by atoms with Crippen LogP contribution in [-0.4, -0.2) is 88.9 Å². The fraction of sp³-hybridized carbons (Fsp3) is 0.645. The van der Waals surface area contributed by atoms with E-state index < -0.39 is 6.09 Å². The zero-order valence-electron chi connectivity index (χ0n) is 23.9. The van der Waals surface area contributed by atoms with E-state index in [4.69, 9.17) is 14.7 Å². The first kappa shape index (κ1) is 25.9. The van der Waals surface area contributed by atoms with Crippen LogP contribution in [0, 0.1) is 0 Å². The predicted molar refractivity (Wildman–Crippen MR) is 155 cm³/mol. The summed E-state index contributed by atoms with van der Waals surface area (Å²) in [6.45, 7) is 7.12. The molecule has 1 aromatic carbocycles. The van der Waals surface area contributed by atoms with Crippen LogP contribution in [0.5, 0.6) is 6.01 Å². The van der Waals surface area contributed by atoms with Crippen molar-refractivity contribution < 1.29 is 14.6 Å². The SMILES string of the molecule is CC1CCCc2cccc(N3CCc4c(nc(OC[C@@H]5CCCN5C)nc4N4C[C@H]5CC[C@@H](C4)N5C(=O)O)C3)c21. The van der Waals surface area contributed by atoms with E-state index in [1.807, 2.05) is 0 Å². The summed E-state index contributed by atoms with van der Waals surface area (Å²) in [6, 6.07) is 7.73. The second-order valence-electron chi connectivity index (χ2n) is 12.6. The van der Waals surface area contributed by atoms with E-state index in [9.17, 15) is 9.90 Å². The monoisotopic (exact) mass is 546 g/mol. The summed E-state index contributed by atoms with van der Waals surface area (Å²) in [5, 5.41) is 9.80. The van der Waals surface area contributed by atoms with Crippen molar-refractivity contribution in [1.82, 2.24) is 19.8 Å². The number of aryl methyl sites for hydroxylation is 1. The molecular formula is C31H42N6O3. The Kier molecular flexibility index (Phi) is 6.72. The van der Waals surface area contributed by atoms with Gasteiger partial charge in [0, 0.05) is 36.9 Å². The van der Waals surface area contributed by atoms with Gasteiger partial charge in [-0.1, -0.05) is 19.1 Å². The highest BCUT2D eigenvalue weighted by molar-refractivity contribution is 5.68. The molecule has 214 valence electrons. The van der Waals surface area contributed by atoms with Crippen molar-refractivity contribution in [2.75, 3.05) is 49.6 Å². The first-order chi connectivity index (χ1) is 19.5. The number of piperazine rings is 1. The molecule has 9 heteroatoms. The number of anilines is 2. The lowest BCUT2D eigenvalue weighted by Gasteiger charge is -2.42. The van der Waals surface area contributed by atoms with Gasteiger partial charge in [-0.3, -0.25) is 4.90 Å². The van der Waals surface area contributed by atoms with Gasteiger partial charge in [-0.2, -0.15) is 9.97 Å². The normalized spacial score (nSPS) is 28.0. The molecule has 40 heavy (non-hydrogen) atoms. The molecule has 1 unspecified atom stereocenters. The van der Waals surface area contributed by atoms with Gasteiger partial charge in [-0.15, -0.1) is 0 Å². The van der Waals surface area contributed by atoms with Crippen LogP contribution in [0.2, 0.25) is 0 Å². The number of amides is 1. The van der Waals surface area contributed by atoms with Gasteiger partial charge in [-0.05, 0) is 88.1 Å². The third-order valence-electron chi connectivity index (χ3n) is 10.2. The summed E-state index contributed by atoms with van der Waals surface area (Å²) in [7, 11) is 2.16. The number of rotatable bonds is 5. The van der Waals surface area contributed by atoms with Gasteiger partial charge in [0.1, 0.15) is 12.4 Å². The van der Waals surface area contributed by atoms with Crippen molar-refractivity contribution in [3.63, 3.8) is 0 Å². The molecule has 5 heterocycles. The maximum atomic E-state index is 11.9. The van der Waals surface area contributed by atoms with Gasteiger partial charge >= 0.3 is 12.1 Å². The maximum absolute atomic E-state index is 11.9. The number of fused-ring (bicyclic) bond motifs is 4. The van der Waals surface area contributed by atoms with Gasteiger partial charge in [0.2, 0.25) is 0 Å². The topological polar surface area (TPSA) is 85.3 Å². The number of likely N-dealkylation sites (tertiary alicyclic amines) is 1. The Hall–Kier alpha value is -3.07. The number of hydrogen-bond acceptors (Lipinski definition) is 7. The number of nitrogens with zero attached hydrogens (tertiary/aromatic N) is 6. The number of hydrogen-bond donors (Lipinski definition) is 1. The van der Waals surface area contributed by atoms with E-state index in [1.165, 1.54) is 48.1 Å². The first-order valence-electron chi connectivity index (χ1n) is 15.3. The molecule has 9 nitrogen and oxygen atoms in total. The molecule has 1 amide bonds. The van der Waals surface area contributed by atoms with Crippen LogP contribution in [0.4, 0.5) is 16.3 Å². The molecule has 3 fully saturated rings. The van der Waals surface area contributed by atoms with E-state index in [0.717, 1.165) is 56.8 Å². The molecule has 1 N–H and O–H groups in total. The standard InChI is InChI=1S/C31H42N6O3/c1-20-6-3-7-21-8-4-10-27(28(20)21)35-15-13-25-26(18-35)32-30(40-19-24-9-5-14-34(24)2)33-29(25)36-16-22-11-12-23(17-36)37(22)31(38)39/h4,8,10,20,22-24H,3,5-7,9,11-19H2,1-2H3,(H,38,39)/t20?,22-,23+,24-/m0/s1. The van der Waals surface area contributed by atoms with Crippen LogP contribution in [-0.2, 0) is 19.4 Å². The number of ether oxygens (including phenoxy) is 1. The number of carbonyl (C=O) groups is 1. The molecule has 2 bridgehead atoms. The maximum Gasteiger partial charge on any atom is 0.407 e. The Morgan fingerprint density at radius 1 is 1.02 bits per heavy atom. The molecule has 3 saturated heterocycles. The lowest BCUT2D eigenvalue weighted by molar-refractivity contribution is 0.114. The minimum absolute atomic E-state index is 0.0239. The molecular weight excluding hydrogens is 504 g/mol. The molecule has 0 spiro atoms. The summed E-state index contributed by atoms with van der Waals surface area (Å²) < 4.78 is 6.32. The molecule has 2 aromatic rings. The Balaban J connectivity index is 1.21. The fourth-order valence-electron chi connectivity index (χ4n) is 8.07. The summed E-state index contributed by atoms with van der Waals surface area (Å²) in [5.41, 5.74) is 6.65. The highest BCUT2D eigenvalue weighted by atomic mass is 16.5. The Labute approximate surface area is 237 Å². The molecule has 0 saturated carbocycles. The van der Waals surface area contributed by atoms with E-state index in [1.54, 1.807) is 4.90 Å². The lowest BCUT2D eigenvalue weighted by atomic mass is 9.82. The van der Waals surface area contributed by atoms with Crippen molar-refractivity contribution in [3.05, 3.63) is 40.6 Å². The zero-order chi connectivity index (χ0) is 27.4. The quantitative estimate of drug-likeness (QED) is 0.595. The van der Waals surface area contributed by atoms with Gasteiger partial charge in [-0.25, -0.2) is 4.79 Å². The van der Waals surface area contributed by atoms with E-state index in [0.29, 0.717) is 37.7 Å². The summed E-state index contributed by atoms with van der Waals surface area (Å²) in [6.07, 6.45) is 7.95. The molecule has 4 atom stereocenters. The zero-order valence-corrected chi connectivity index (χ0v) is 23.9. The van der Waals surface area contributed by atoms with Crippen molar-refractivity contribution in [2.24, 2.45) is 0 Å². The highest BCUT2D eigenvalue weighted by Gasteiger charge is 2.44. The number of likely N-dealkylation sites (N-methyl/N-ethyl adjacent to an activating group) is 1. The molecule has 1 aromatic heterocycles. The van der Waals surface area contributed by atoms with Crippen molar-refractivity contribution in [3.8, 4) is 6.01 Å². The molecule has 5 aliphatic rings. The average molecular weight is 547 g/mol. The van der Waals surface area contributed by atoms with Crippen LogP contribution in [0.3, 0.4) is 0 Å². The second-order valence-corrected chi connectivity index (χ2v) is 12.6. The fourth-order valence-corrected chi connectivity index (χ4v) is 8.07. The van der Waals surface area contributed by atoms with Crippen molar-refractivity contribution in [1.29, 1.82) is 0 Å². The molecule has 0 radical (unpaired) electrons. The van der Waals surface area contributed by atoms with E-state index in [-0.39, 0.29) is 12.1 Å². The van der Waals surface area contributed by atoms with Gasteiger partial charge in [0.25, 0.3) is 0 Å². The van der Waals surface area contributed by atoms with Crippen LogP contribution in [0.25, 0.3) is 0 Å². The summed E-state index contributed by atoms with van der Waals surface area (Å²) >= 11 is 0. The number of benzene rings is 1. The van der Waals surface area contributed by atoms with Crippen LogP contribution in [0.15, 0.2) is 18.2 Å². The molecule has 1 aliphatic carbocycles. The summed E-state index contributed by atoms with van der Waals surface area (Å²) in [5.74, 6) is 1.54. The Morgan fingerprint density at radius 2 is 1.85 bits per heavy atom. The van der Waals surface area contributed by atoms with Crippen LogP contribution < -0.4 is 14.5 Å². The minimum Gasteiger partial charge on any atom is -0.465 e. The third kappa shape index (κ3) is 4.56. The second kappa shape index (κ2) is 10.4. The average Bonchev–Trinajstić information content (AvgIpc) is 3.49. The predicted octanol–water partition coefficient (Wildman–Crippen LogP) is 4.28. The first-order valence-corrected chi connectivity index (χ1v) is 15.3. The Morgan fingerprint density at radius 3 is 2.60 bits per heavy atom. The largest absolute Gasteiger partial charge is 0.465 e.